The Bertz CT molecular complexity index is 737. The van der Waals surface area contributed by atoms with Crippen LogP contribution in [-0.2, 0) is 22.5 Å². The predicted octanol–water partition coefficient (Wildman–Crippen LogP) is 2.35. The summed E-state index contributed by atoms with van der Waals surface area (Å²) >= 11 is 0. The van der Waals surface area contributed by atoms with E-state index in [4.69, 9.17) is 9.68 Å². The number of rotatable bonds is 9. The van der Waals surface area contributed by atoms with E-state index in [1.807, 2.05) is 60.7 Å². The summed E-state index contributed by atoms with van der Waals surface area (Å²) in [6.07, 6.45) is 1.64. The first-order chi connectivity index (χ1) is 13.3. The molecule has 3 N–H and O–H groups in total. The van der Waals surface area contributed by atoms with E-state index >= 15 is 0 Å². The quantitative estimate of drug-likeness (QED) is 0.469. The molecule has 0 aliphatic carbocycles. The zero-order valence-corrected chi connectivity index (χ0v) is 15.1. The van der Waals surface area contributed by atoms with E-state index in [1.165, 1.54) is 11.1 Å². The summed E-state index contributed by atoms with van der Waals surface area (Å²) in [6.45, 7) is 0.951. The van der Waals surface area contributed by atoms with Crippen LogP contribution in [0.1, 0.15) is 17.5 Å². The topological polar surface area (TPSA) is 84.0 Å². The second-order valence-corrected chi connectivity index (χ2v) is 6.16. The Kier molecular flexibility index (Phi) is 7.20. The van der Waals surface area contributed by atoms with Crippen molar-refractivity contribution in [1.82, 2.24) is 16.1 Å². The molecule has 1 atom stereocenters. The number of urea groups is 1. The van der Waals surface area contributed by atoms with Crippen molar-refractivity contribution in [2.75, 3.05) is 13.2 Å². The van der Waals surface area contributed by atoms with Crippen molar-refractivity contribution >= 4 is 11.9 Å². The second-order valence-electron chi connectivity index (χ2n) is 6.16. The number of nitrogens with zero attached hydrogens (tertiary/aromatic N) is 1. The second kappa shape index (κ2) is 10.3. The molecule has 142 valence electrons. The molecule has 0 radical (unpaired) electrons. The number of amidine groups is 1. The van der Waals surface area contributed by atoms with Crippen LogP contribution in [0.25, 0.3) is 0 Å². The molecule has 27 heavy (non-hydrogen) atoms. The average Bonchev–Trinajstić information content (AvgIpc) is 2.70. The summed E-state index contributed by atoms with van der Waals surface area (Å²) in [7, 11) is 0. The molecule has 0 saturated carbocycles. The monoisotopic (exact) mass is 368 g/mol. The van der Waals surface area contributed by atoms with Crippen molar-refractivity contribution in [2.24, 2.45) is 5.16 Å². The highest BCUT2D eigenvalue weighted by Gasteiger charge is 2.23. The van der Waals surface area contributed by atoms with Crippen molar-refractivity contribution < 1.29 is 14.5 Å². The number of oxime groups is 1. The molecule has 0 spiro atoms. The molecule has 1 fully saturated rings. The number of hydrogen-bond acceptors (Lipinski definition) is 5. The maximum Gasteiger partial charge on any atom is 0.321 e. The Morgan fingerprint density at radius 3 is 2.26 bits per heavy atom. The first kappa shape index (κ1) is 18.9. The third kappa shape index (κ3) is 6.73. The fourth-order valence-corrected chi connectivity index (χ4v) is 2.66. The van der Waals surface area contributed by atoms with Gasteiger partial charge in [0.1, 0.15) is 12.8 Å². The van der Waals surface area contributed by atoms with Crippen molar-refractivity contribution in [3.63, 3.8) is 0 Å². The average molecular weight is 368 g/mol. The molecule has 0 bridgehead atoms. The molecule has 2 aromatic carbocycles. The van der Waals surface area contributed by atoms with Gasteiger partial charge in [-0.05, 0) is 17.5 Å². The van der Waals surface area contributed by atoms with E-state index < -0.39 is 0 Å². The van der Waals surface area contributed by atoms with Crippen molar-refractivity contribution in [3.8, 4) is 0 Å². The highest BCUT2D eigenvalue weighted by molar-refractivity contribution is 5.99. The summed E-state index contributed by atoms with van der Waals surface area (Å²) in [5.74, 6) is 0.468. The first-order valence-corrected chi connectivity index (χ1v) is 9.01. The molecule has 1 saturated heterocycles. The van der Waals surface area contributed by atoms with Gasteiger partial charge in [0.15, 0.2) is 5.84 Å². The predicted molar refractivity (Wildman–Crippen MR) is 103 cm³/mol. The molecule has 0 unspecified atom stereocenters. The minimum atomic E-state index is -0.356. The van der Waals surface area contributed by atoms with Gasteiger partial charge in [-0.25, -0.2) is 4.79 Å². The van der Waals surface area contributed by atoms with Gasteiger partial charge in [-0.2, -0.15) is 5.48 Å². The molecule has 0 aromatic heterocycles. The Balaban J connectivity index is 1.37. The van der Waals surface area contributed by atoms with Gasteiger partial charge in [-0.3, -0.25) is 10.2 Å². The van der Waals surface area contributed by atoms with E-state index in [1.54, 1.807) is 0 Å². The summed E-state index contributed by atoms with van der Waals surface area (Å²) in [6, 6.07) is 19.8. The van der Waals surface area contributed by atoms with Crippen molar-refractivity contribution in [3.05, 3.63) is 71.8 Å². The highest BCUT2D eigenvalue weighted by Crippen LogP contribution is 2.02. The molecule has 7 heteroatoms. The van der Waals surface area contributed by atoms with Gasteiger partial charge in [0.2, 0.25) is 0 Å². The van der Waals surface area contributed by atoms with E-state index in [2.05, 4.69) is 21.3 Å². The van der Waals surface area contributed by atoms with Crippen LogP contribution >= 0.6 is 0 Å². The normalized spacial score (nSPS) is 18.0. The van der Waals surface area contributed by atoms with E-state index in [0.29, 0.717) is 25.5 Å². The first-order valence-electron chi connectivity index (χ1n) is 9.01. The molecule has 1 aliphatic heterocycles. The molecular weight excluding hydrogens is 344 g/mol. The van der Waals surface area contributed by atoms with Crippen LogP contribution in [-0.4, -0.2) is 31.2 Å². The lowest BCUT2D eigenvalue weighted by Crippen LogP contribution is -2.57. The van der Waals surface area contributed by atoms with Crippen molar-refractivity contribution in [2.45, 2.75) is 25.4 Å². The fraction of sp³-hybridized carbons (Fsp3) is 0.300. The molecule has 1 aliphatic rings. The van der Waals surface area contributed by atoms with E-state index in [9.17, 15) is 4.79 Å². The molecule has 1 heterocycles. The maximum absolute atomic E-state index is 11.7. The van der Waals surface area contributed by atoms with Crippen LogP contribution in [0.5, 0.6) is 0 Å². The molecule has 3 rings (SSSR count). The number of hydroxylamine groups is 1. The zero-order valence-electron chi connectivity index (χ0n) is 15.1. The fourth-order valence-electron chi connectivity index (χ4n) is 2.66. The van der Waals surface area contributed by atoms with Crippen LogP contribution in [0.2, 0.25) is 0 Å². The Hall–Kier alpha value is -2.90. The third-order valence-corrected chi connectivity index (χ3v) is 4.02. The molecular formula is C20H24N4O3. The lowest BCUT2D eigenvalue weighted by atomic mass is 10.2. The maximum atomic E-state index is 11.7. The Morgan fingerprint density at radius 2 is 1.59 bits per heavy atom. The lowest BCUT2D eigenvalue weighted by molar-refractivity contribution is 0.0123. The van der Waals surface area contributed by atoms with E-state index in [0.717, 1.165) is 12.8 Å². The van der Waals surface area contributed by atoms with E-state index in [-0.39, 0.29) is 12.2 Å². The minimum absolute atomic E-state index is 0.337. The van der Waals surface area contributed by atoms with Crippen LogP contribution in [0.15, 0.2) is 65.8 Å². The SMILES string of the molecule is O=C1NC(=NOCCc2ccccc2)C[C@H](NOCCc2ccccc2)N1. The molecule has 2 aromatic rings. The minimum Gasteiger partial charge on any atom is -0.394 e. The van der Waals surface area contributed by atoms with Crippen LogP contribution in [0.4, 0.5) is 4.79 Å². The zero-order chi connectivity index (χ0) is 18.7. The summed E-state index contributed by atoms with van der Waals surface area (Å²) in [5.41, 5.74) is 5.24. The number of carbonyl (C=O) groups is 1. The van der Waals surface area contributed by atoms with Gasteiger partial charge in [-0.15, -0.1) is 0 Å². The smallest absolute Gasteiger partial charge is 0.321 e. The highest BCUT2D eigenvalue weighted by atomic mass is 16.6. The standard InChI is InChI=1S/C20H24N4O3/c25-20-21-18(23-26-13-11-16-7-3-1-4-8-16)15-19(22-20)24-27-14-12-17-9-5-2-6-10-17/h1-10,18,23H,11-15H2,(H2,21,22,24,25)/t18-/m0/s1. The van der Waals surface area contributed by atoms with Gasteiger partial charge >= 0.3 is 6.03 Å². The number of nitrogens with one attached hydrogen (secondary N) is 3. The molecule has 7 nitrogen and oxygen atoms in total. The van der Waals surface area contributed by atoms with Gasteiger partial charge in [0, 0.05) is 12.8 Å². The summed E-state index contributed by atoms with van der Waals surface area (Å²) < 4.78 is 0. The van der Waals surface area contributed by atoms with Crippen LogP contribution in [0.3, 0.4) is 0 Å². The van der Waals surface area contributed by atoms with Gasteiger partial charge < -0.3 is 10.2 Å². The molecule has 2 amide bonds. The Labute approximate surface area is 158 Å². The van der Waals surface area contributed by atoms with Gasteiger partial charge in [0.05, 0.1) is 6.61 Å². The number of amides is 2. The van der Waals surface area contributed by atoms with Gasteiger partial charge in [0.25, 0.3) is 0 Å². The van der Waals surface area contributed by atoms with Crippen molar-refractivity contribution in [1.29, 1.82) is 0 Å². The number of hydrogen-bond donors (Lipinski definition) is 3. The Morgan fingerprint density at radius 1 is 0.963 bits per heavy atom. The summed E-state index contributed by atoms with van der Waals surface area (Å²) in [5, 5.41) is 9.40. The number of carbonyl (C=O) groups excluding carboxylic acids is 1. The van der Waals surface area contributed by atoms with Crippen LogP contribution in [0, 0.1) is 0 Å². The lowest BCUT2D eigenvalue weighted by Gasteiger charge is -2.25. The third-order valence-electron chi connectivity index (χ3n) is 4.02. The summed E-state index contributed by atoms with van der Waals surface area (Å²) in [4.78, 5) is 22.5. The van der Waals surface area contributed by atoms with Gasteiger partial charge in [-0.1, -0.05) is 65.8 Å². The van der Waals surface area contributed by atoms with Crippen LogP contribution < -0.4 is 16.1 Å². The number of benzene rings is 2. The largest absolute Gasteiger partial charge is 0.394 e.